The van der Waals surface area contributed by atoms with Crippen molar-refractivity contribution >= 4 is 40.4 Å². The molecular formula is C26H25N3O5S. The highest BCUT2D eigenvalue weighted by atomic mass is 32.2. The van der Waals surface area contributed by atoms with Crippen LogP contribution in [-0.4, -0.2) is 33.8 Å². The predicted octanol–water partition coefficient (Wildman–Crippen LogP) is 3.98. The maximum absolute atomic E-state index is 13.5. The summed E-state index contributed by atoms with van der Waals surface area (Å²) in [5.41, 5.74) is 3.46. The molecule has 3 aromatic rings. The smallest absolute Gasteiger partial charge is 0.343 e. The van der Waals surface area contributed by atoms with Crippen LogP contribution in [0.2, 0.25) is 0 Å². The third-order valence-electron chi connectivity index (χ3n) is 7.01. The number of cyclic esters (lactones) is 1. The van der Waals surface area contributed by atoms with Crippen molar-refractivity contribution in [1.29, 1.82) is 0 Å². The van der Waals surface area contributed by atoms with Gasteiger partial charge in [-0.05, 0) is 43.4 Å². The number of nitrogens with zero attached hydrogens (tertiary/aromatic N) is 2. The molecule has 0 saturated carbocycles. The summed E-state index contributed by atoms with van der Waals surface area (Å²) in [7, 11) is 1.64. The lowest BCUT2D eigenvalue weighted by Crippen LogP contribution is -2.44. The molecule has 0 saturated heterocycles. The second-order valence-electron chi connectivity index (χ2n) is 9.35. The molecule has 0 fully saturated rings. The number of pyridine rings is 2. The Morgan fingerprint density at radius 2 is 2.11 bits per heavy atom. The number of carbonyl (C=O) groups excluding carboxylic acids is 1. The van der Waals surface area contributed by atoms with Gasteiger partial charge in [0, 0.05) is 33.5 Å². The van der Waals surface area contributed by atoms with E-state index in [0.29, 0.717) is 34.8 Å². The van der Waals surface area contributed by atoms with Crippen LogP contribution in [0, 0.1) is 0 Å². The number of benzene rings is 1. The summed E-state index contributed by atoms with van der Waals surface area (Å²) < 4.78 is 12.6. The molecule has 1 aromatic carbocycles. The molecule has 0 bridgehead atoms. The molecule has 1 atom stereocenters. The molecule has 2 aromatic heterocycles. The number of hydrogen-bond donors (Lipinski definition) is 2. The zero-order chi connectivity index (χ0) is 24.6. The Hall–Kier alpha value is -3.30. The maximum atomic E-state index is 13.5. The first-order valence-electron chi connectivity index (χ1n) is 11.6. The highest BCUT2D eigenvalue weighted by Gasteiger charge is 2.45. The zero-order valence-corrected chi connectivity index (χ0v) is 20.7. The van der Waals surface area contributed by atoms with Crippen LogP contribution >= 0.6 is 11.8 Å². The fraction of sp³-hybridized carbons (Fsp3) is 0.346. The molecule has 0 aliphatic carbocycles. The summed E-state index contributed by atoms with van der Waals surface area (Å²) in [6, 6.07) is 3.88. The van der Waals surface area contributed by atoms with Gasteiger partial charge in [-0.15, -0.1) is 0 Å². The lowest BCUT2D eigenvalue weighted by Gasteiger charge is -2.31. The van der Waals surface area contributed by atoms with E-state index in [2.05, 4.69) is 25.2 Å². The van der Waals surface area contributed by atoms with E-state index in [9.17, 15) is 14.7 Å². The molecule has 2 N–H and O–H groups in total. The summed E-state index contributed by atoms with van der Waals surface area (Å²) in [5.74, 6) is -0.0255. The fourth-order valence-electron chi connectivity index (χ4n) is 5.28. The normalized spacial score (nSPS) is 19.4. The number of aromatic nitrogens is 2. The van der Waals surface area contributed by atoms with Crippen LogP contribution in [0.4, 0.5) is 5.69 Å². The second kappa shape index (κ2) is 7.60. The van der Waals surface area contributed by atoms with Crippen molar-refractivity contribution in [3.05, 3.63) is 50.1 Å². The van der Waals surface area contributed by atoms with E-state index >= 15 is 0 Å². The van der Waals surface area contributed by atoms with E-state index in [4.69, 9.17) is 14.5 Å². The molecule has 180 valence electrons. The number of thioether (sulfide) groups is 1. The average Bonchev–Trinajstić information content (AvgIpc) is 3.22. The van der Waals surface area contributed by atoms with Gasteiger partial charge in [-0.25, -0.2) is 9.78 Å². The van der Waals surface area contributed by atoms with Gasteiger partial charge in [0.05, 0.1) is 41.8 Å². The Kier molecular flexibility index (Phi) is 4.82. The van der Waals surface area contributed by atoms with Crippen LogP contribution in [0.25, 0.3) is 28.4 Å². The SMILES string of the molecule is CC[C@@]1(O)C(=O)OCc2c1cc1n(c2=O)Cc2c-1nc1cc(OC)c(NC(C)C)c3c1c2C=CS3. The molecule has 5 heterocycles. The number of hydrogen-bond acceptors (Lipinski definition) is 8. The number of anilines is 1. The lowest BCUT2D eigenvalue weighted by molar-refractivity contribution is -0.172. The minimum absolute atomic E-state index is 0.108. The van der Waals surface area contributed by atoms with Crippen LogP contribution in [0.5, 0.6) is 5.75 Å². The van der Waals surface area contributed by atoms with E-state index in [-0.39, 0.29) is 24.6 Å². The van der Waals surface area contributed by atoms with Crippen molar-refractivity contribution in [2.75, 3.05) is 12.4 Å². The first kappa shape index (κ1) is 22.2. The molecule has 9 heteroatoms. The van der Waals surface area contributed by atoms with E-state index in [1.54, 1.807) is 36.4 Å². The highest BCUT2D eigenvalue weighted by molar-refractivity contribution is 8.02. The summed E-state index contributed by atoms with van der Waals surface area (Å²) in [5, 5.41) is 17.7. The van der Waals surface area contributed by atoms with Crippen molar-refractivity contribution in [2.45, 2.75) is 56.9 Å². The largest absolute Gasteiger partial charge is 0.494 e. The van der Waals surface area contributed by atoms with Crippen molar-refractivity contribution in [3.8, 4) is 17.1 Å². The third-order valence-corrected chi connectivity index (χ3v) is 7.93. The maximum Gasteiger partial charge on any atom is 0.343 e. The molecule has 0 amide bonds. The van der Waals surface area contributed by atoms with Gasteiger partial charge in [0.15, 0.2) is 5.60 Å². The standard InChI is InChI=1S/C26H25N3O5S/c1-5-26(32)16-8-18-21-14(10-29(18)24(30)15(16)11-34-25(26)31)13-6-7-35-23-20(13)17(28-21)9-19(33-4)22(23)27-12(2)3/h6-9,12,27,32H,5,10-11H2,1-4H3/t26-/m0/s1. The van der Waals surface area contributed by atoms with Gasteiger partial charge in [0.2, 0.25) is 0 Å². The number of ether oxygens (including phenoxy) is 2. The topological polar surface area (TPSA) is 103 Å². The van der Waals surface area contributed by atoms with Crippen LogP contribution in [0.1, 0.15) is 49.4 Å². The van der Waals surface area contributed by atoms with Crippen molar-refractivity contribution in [2.24, 2.45) is 0 Å². The van der Waals surface area contributed by atoms with Gasteiger partial charge in [-0.3, -0.25) is 4.79 Å². The van der Waals surface area contributed by atoms with Gasteiger partial charge in [-0.2, -0.15) is 0 Å². The van der Waals surface area contributed by atoms with E-state index in [1.807, 2.05) is 11.5 Å². The molecule has 35 heavy (non-hydrogen) atoms. The minimum Gasteiger partial charge on any atom is -0.494 e. The van der Waals surface area contributed by atoms with Gasteiger partial charge in [0.1, 0.15) is 12.4 Å². The fourth-order valence-corrected chi connectivity index (χ4v) is 6.23. The molecule has 3 aliphatic rings. The van der Waals surface area contributed by atoms with Crippen LogP contribution in [-0.2, 0) is 28.3 Å². The van der Waals surface area contributed by atoms with Crippen molar-refractivity contribution < 1.29 is 19.4 Å². The van der Waals surface area contributed by atoms with Gasteiger partial charge in [0.25, 0.3) is 5.56 Å². The Balaban J connectivity index is 1.65. The summed E-state index contributed by atoms with van der Waals surface area (Å²) >= 11 is 1.62. The molecule has 0 radical (unpaired) electrons. The highest BCUT2D eigenvalue weighted by Crippen LogP contribution is 2.49. The van der Waals surface area contributed by atoms with E-state index in [1.165, 1.54) is 0 Å². The summed E-state index contributed by atoms with van der Waals surface area (Å²) in [6.07, 6.45) is 2.18. The van der Waals surface area contributed by atoms with Crippen LogP contribution in [0.15, 0.2) is 27.2 Å². The quantitative estimate of drug-likeness (QED) is 0.413. The first-order chi connectivity index (χ1) is 16.8. The van der Waals surface area contributed by atoms with Crippen molar-refractivity contribution in [1.82, 2.24) is 9.55 Å². The lowest BCUT2D eigenvalue weighted by atomic mass is 9.86. The van der Waals surface area contributed by atoms with Gasteiger partial charge < -0.3 is 24.5 Å². The number of rotatable bonds is 4. The number of nitrogens with one attached hydrogen (secondary N) is 1. The molecule has 8 nitrogen and oxygen atoms in total. The molecule has 0 spiro atoms. The van der Waals surface area contributed by atoms with Crippen molar-refractivity contribution in [3.63, 3.8) is 0 Å². The number of fused-ring (bicyclic) bond motifs is 5. The van der Waals surface area contributed by atoms with Crippen LogP contribution < -0.4 is 15.6 Å². The molecule has 3 aliphatic heterocycles. The Labute approximate surface area is 206 Å². The number of aliphatic hydroxyl groups is 1. The Bertz CT molecular complexity index is 1540. The minimum atomic E-state index is -1.85. The predicted molar refractivity (Wildman–Crippen MR) is 135 cm³/mol. The second-order valence-corrected chi connectivity index (χ2v) is 10.3. The van der Waals surface area contributed by atoms with E-state index in [0.717, 1.165) is 32.6 Å². The third kappa shape index (κ3) is 2.94. The first-order valence-corrected chi connectivity index (χ1v) is 12.5. The summed E-state index contributed by atoms with van der Waals surface area (Å²) in [6.45, 7) is 6.08. The number of methoxy groups -OCH3 is 1. The average molecular weight is 492 g/mol. The monoisotopic (exact) mass is 491 g/mol. The Morgan fingerprint density at radius 3 is 2.83 bits per heavy atom. The van der Waals surface area contributed by atoms with Crippen LogP contribution in [0.3, 0.4) is 0 Å². The zero-order valence-electron chi connectivity index (χ0n) is 19.9. The van der Waals surface area contributed by atoms with Gasteiger partial charge in [-0.1, -0.05) is 18.7 Å². The van der Waals surface area contributed by atoms with E-state index < -0.39 is 11.6 Å². The van der Waals surface area contributed by atoms with Gasteiger partial charge >= 0.3 is 5.97 Å². The number of carbonyl (C=O) groups is 1. The Morgan fingerprint density at radius 1 is 1.31 bits per heavy atom. The molecular weight excluding hydrogens is 466 g/mol. The number of esters is 1. The molecule has 6 rings (SSSR count). The molecule has 0 unspecified atom stereocenters. The summed E-state index contributed by atoms with van der Waals surface area (Å²) in [4.78, 5) is 32.0.